The van der Waals surface area contributed by atoms with Gasteiger partial charge in [0.05, 0.1) is 5.69 Å². The first kappa shape index (κ1) is 11.7. The molecule has 1 atom stereocenters. The summed E-state index contributed by atoms with van der Waals surface area (Å²) >= 11 is 0. The van der Waals surface area contributed by atoms with Crippen molar-refractivity contribution in [3.8, 4) is 0 Å². The monoisotopic (exact) mass is 231 g/mol. The summed E-state index contributed by atoms with van der Waals surface area (Å²) < 4.78 is 13.0. The molecule has 0 bridgehead atoms. The Balaban J connectivity index is 1.96. The van der Waals surface area contributed by atoms with Crippen LogP contribution in [-0.2, 0) is 6.54 Å². The van der Waals surface area contributed by atoms with Crippen LogP contribution in [0.25, 0.3) is 0 Å². The number of aromatic nitrogens is 2. The first-order valence-corrected chi connectivity index (χ1v) is 5.49. The Morgan fingerprint density at radius 3 is 2.94 bits per heavy atom. The molecule has 2 rings (SSSR count). The minimum atomic E-state index is -0.210. The van der Waals surface area contributed by atoms with Crippen LogP contribution in [0.15, 0.2) is 42.9 Å². The Labute approximate surface area is 99.7 Å². The van der Waals surface area contributed by atoms with Gasteiger partial charge in [0.1, 0.15) is 12.1 Å². The molecule has 1 heterocycles. The van der Waals surface area contributed by atoms with Gasteiger partial charge in [-0.05, 0) is 30.7 Å². The van der Waals surface area contributed by atoms with E-state index in [1.807, 2.05) is 19.1 Å². The smallest absolute Gasteiger partial charge is 0.123 e. The van der Waals surface area contributed by atoms with E-state index in [1.165, 1.54) is 18.5 Å². The maximum Gasteiger partial charge on any atom is 0.123 e. The van der Waals surface area contributed by atoms with Crippen LogP contribution >= 0.6 is 0 Å². The van der Waals surface area contributed by atoms with Crippen LogP contribution in [0.2, 0.25) is 0 Å². The van der Waals surface area contributed by atoms with E-state index in [-0.39, 0.29) is 11.9 Å². The fourth-order valence-electron chi connectivity index (χ4n) is 1.57. The van der Waals surface area contributed by atoms with Crippen molar-refractivity contribution in [2.75, 3.05) is 0 Å². The number of hydrogen-bond donors (Lipinski definition) is 1. The predicted molar refractivity (Wildman–Crippen MR) is 63.7 cm³/mol. The summed E-state index contributed by atoms with van der Waals surface area (Å²) in [5.74, 6) is -0.210. The minimum Gasteiger partial charge on any atom is -0.305 e. The van der Waals surface area contributed by atoms with Gasteiger partial charge in [0.15, 0.2) is 0 Å². The third-order valence-electron chi connectivity index (χ3n) is 2.58. The Bertz CT molecular complexity index is 473. The molecule has 0 aliphatic carbocycles. The fraction of sp³-hybridized carbons (Fsp3) is 0.231. The van der Waals surface area contributed by atoms with Gasteiger partial charge >= 0.3 is 0 Å². The lowest BCUT2D eigenvalue weighted by molar-refractivity contribution is 0.559. The van der Waals surface area contributed by atoms with E-state index in [9.17, 15) is 4.39 Å². The second-order valence-corrected chi connectivity index (χ2v) is 3.86. The third kappa shape index (κ3) is 3.32. The maximum atomic E-state index is 13.0. The van der Waals surface area contributed by atoms with Gasteiger partial charge in [-0.15, -0.1) is 0 Å². The van der Waals surface area contributed by atoms with E-state index in [4.69, 9.17) is 0 Å². The number of nitrogens with one attached hydrogen (secondary N) is 1. The quantitative estimate of drug-likeness (QED) is 0.878. The lowest BCUT2D eigenvalue weighted by Crippen LogP contribution is -2.18. The van der Waals surface area contributed by atoms with Crippen LogP contribution < -0.4 is 5.32 Å². The second kappa shape index (κ2) is 5.50. The average Bonchev–Trinajstić information content (AvgIpc) is 2.37. The molecule has 0 unspecified atom stereocenters. The molecule has 0 aliphatic rings. The first-order chi connectivity index (χ1) is 8.25. The Kier molecular flexibility index (Phi) is 3.77. The second-order valence-electron chi connectivity index (χ2n) is 3.86. The molecule has 0 radical (unpaired) electrons. The maximum absolute atomic E-state index is 13.0. The third-order valence-corrected chi connectivity index (χ3v) is 2.58. The molecule has 1 aromatic heterocycles. The lowest BCUT2D eigenvalue weighted by Gasteiger charge is -2.13. The SMILES string of the molecule is C[C@@H](NCc1ccncn1)c1cccc(F)c1. The van der Waals surface area contributed by atoms with Crippen molar-refractivity contribution in [3.63, 3.8) is 0 Å². The van der Waals surface area contributed by atoms with Gasteiger partial charge in [-0.25, -0.2) is 14.4 Å². The molecule has 2 aromatic rings. The Morgan fingerprint density at radius 2 is 2.24 bits per heavy atom. The molecular weight excluding hydrogens is 217 g/mol. The van der Waals surface area contributed by atoms with E-state index < -0.39 is 0 Å². The van der Waals surface area contributed by atoms with E-state index in [0.717, 1.165) is 11.3 Å². The fourth-order valence-corrected chi connectivity index (χ4v) is 1.57. The van der Waals surface area contributed by atoms with Crippen molar-refractivity contribution in [2.24, 2.45) is 0 Å². The van der Waals surface area contributed by atoms with Gasteiger partial charge in [0.2, 0.25) is 0 Å². The molecule has 1 N–H and O–H groups in total. The summed E-state index contributed by atoms with van der Waals surface area (Å²) in [5, 5.41) is 3.29. The topological polar surface area (TPSA) is 37.8 Å². The summed E-state index contributed by atoms with van der Waals surface area (Å²) in [6.07, 6.45) is 3.22. The van der Waals surface area contributed by atoms with Gasteiger partial charge < -0.3 is 5.32 Å². The standard InChI is InChI=1S/C13H14FN3/c1-10(11-3-2-4-12(14)7-11)16-8-13-5-6-15-9-17-13/h2-7,9-10,16H,8H2,1H3/t10-/m1/s1. The average molecular weight is 231 g/mol. The zero-order valence-corrected chi connectivity index (χ0v) is 9.60. The number of benzene rings is 1. The van der Waals surface area contributed by atoms with E-state index >= 15 is 0 Å². The summed E-state index contributed by atoms with van der Waals surface area (Å²) in [4.78, 5) is 7.97. The van der Waals surface area contributed by atoms with Crippen LogP contribution in [0.4, 0.5) is 4.39 Å². The molecule has 0 saturated carbocycles. The highest BCUT2D eigenvalue weighted by atomic mass is 19.1. The van der Waals surface area contributed by atoms with Crippen LogP contribution in [-0.4, -0.2) is 9.97 Å². The molecule has 17 heavy (non-hydrogen) atoms. The lowest BCUT2D eigenvalue weighted by atomic mass is 10.1. The molecule has 4 heteroatoms. The van der Waals surface area contributed by atoms with Crippen molar-refractivity contribution >= 4 is 0 Å². The highest BCUT2D eigenvalue weighted by Gasteiger charge is 2.05. The van der Waals surface area contributed by atoms with Gasteiger partial charge in [-0.2, -0.15) is 0 Å². The zero-order valence-electron chi connectivity index (χ0n) is 9.60. The van der Waals surface area contributed by atoms with Gasteiger partial charge in [-0.3, -0.25) is 0 Å². The molecular formula is C13H14FN3. The summed E-state index contributed by atoms with van der Waals surface area (Å²) in [7, 11) is 0. The number of rotatable bonds is 4. The van der Waals surface area contributed by atoms with Crippen molar-refractivity contribution in [1.29, 1.82) is 0 Å². The summed E-state index contributed by atoms with van der Waals surface area (Å²) in [6.45, 7) is 2.64. The molecule has 0 saturated heterocycles. The van der Waals surface area contributed by atoms with Crippen LogP contribution in [0.1, 0.15) is 24.2 Å². The minimum absolute atomic E-state index is 0.0839. The van der Waals surface area contributed by atoms with Crippen molar-refractivity contribution in [1.82, 2.24) is 15.3 Å². The van der Waals surface area contributed by atoms with Crippen molar-refractivity contribution in [3.05, 3.63) is 59.9 Å². The molecule has 0 spiro atoms. The van der Waals surface area contributed by atoms with Crippen LogP contribution in [0.3, 0.4) is 0 Å². The van der Waals surface area contributed by atoms with Crippen molar-refractivity contribution < 1.29 is 4.39 Å². The predicted octanol–water partition coefficient (Wildman–Crippen LogP) is 2.47. The first-order valence-electron chi connectivity index (χ1n) is 5.49. The molecule has 3 nitrogen and oxygen atoms in total. The summed E-state index contributed by atoms with van der Waals surface area (Å²) in [5.41, 5.74) is 1.85. The van der Waals surface area contributed by atoms with E-state index in [2.05, 4.69) is 15.3 Å². The molecule has 0 fully saturated rings. The van der Waals surface area contributed by atoms with Crippen LogP contribution in [0.5, 0.6) is 0 Å². The van der Waals surface area contributed by atoms with Gasteiger partial charge in [-0.1, -0.05) is 12.1 Å². The van der Waals surface area contributed by atoms with Crippen LogP contribution in [0, 0.1) is 5.82 Å². The molecule has 88 valence electrons. The Morgan fingerprint density at radius 1 is 1.35 bits per heavy atom. The van der Waals surface area contributed by atoms with Gasteiger partial charge in [0, 0.05) is 18.8 Å². The van der Waals surface area contributed by atoms with E-state index in [0.29, 0.717) is 6.54 Å². The number of halogens is 1. The highest BCUT2D eigenvalue weighted by Crippen LogP contribution is 2.13. The number of nitrogens with zero attached hydrogens (tertiary/aromatic N) is 2. The van der Waals surface area contributed by atoms with Gasteiger partial charge in [0.25, 0.3) is 0 Å². The summed E-state index contributed by atoms with van der Waals surface area (Å²) in [6, 6.07) is 8.54. The molecule has 0 aliphatic heterocycles. The largest absolute Gasteiger partial charge is 0.305 e. The molecule has 0 amide bonds. The number of hydrogen-bond acceptors (Lipinski definition) is 3. The Hall–Kier alpha value is -1.81. The normalized spacial score (nSPS) is 12.4. The van der Waals surface area contributed by atoms with E-state index in [1.54, 1.807) is 12.3 Å². The zero-order chi connectivity index (χ0) is 12.1. The van der Waals surface area contributed by atoms with Crippen molar-refractivity contribution in [2.45, 2.75) is 19.5 Å². The molecule has 1 aromatic carbocycles. The highest BCUT2D eigenvalue weighted by molar-refractivity contribution is 5.19.